The summed E-state index contributed by atoms with van der Waals surface area (Å²) in [6.07, 6.45) is 5.30. The molecule has 0 bridgehead atoms. The van der Waals surface area contributed by atoms with Crippen molar-refractivity contribution in [1.29, 1.82) is 0 Å². The van der Waals surface area contributed by atoms with Gasteiger partial charge < -0.3 is 9.64 Å². The van der Waals surface area contributed by atoms with Gasteiger partial charge in [-0.15, -0.1) is 11.3 Å². The smallest absolute Gasteiger partial charge is 0.313 e. The Morgan fingerprint density at radius 1 is 1.03 bits per heavy atom. The molecule has 6 heteroatoms. The molecule has 1 aliphatic carbocycles. The molecule has 1 amide bonds. The van der Waals surface area contributed by atoms with Gasteiger partial charge in [0.1, 0.15) is 0 Å². The lowest BCUT2D eigenvalue weighted by molar-refractivity contribution is -0.163. The molecule has 1 heterocycles. The number of carbonyl (C=O) groups excluding carboxylic acids is 2. The second-order valence-corrected chi connectivity index (χ2v) is 9.68. The highest BCUT2D eigenvalue weighted by molar-refractivity contribution is 7.18. The van der Waals surface area contributed by atoms with Crippen LogP contribution < -0.4 is 0 Å². The SMILES string of the molecule is CCN(Cc1ccccc1)C(=O)COC(=O)C1(Cc2nc3ccccc3s2)CCCCC1. The lowest BCUT2D eigenvalue weighted by atomic mass is 9.72. The van der Waals surface area contributed by atoms with Gasteiger partial charge in [-0.2, -0.15) is 0 Å². The van der Waals surface area contributed by atoms with E-state index in [1.54, 1.807) is 16.2 Å². The molecule has 4 rings (SSSR count). The summed E-state index contributed by atoms with van der Waals surface area (Å²) in [5.41, 5.74) is 1.46. The third kappa shape index (κ3) is 5.18. The van der Waals surface area contributed by atoms with Crippen molar-refractivity contribution >= 4 is 33.4 Å². The fourth-order valence-corrected chi connectivity index (χ4v) is 5.63. The summed E-state index contributed by atoms with van der Waals surface area (Å²) in [6.45, 7) is 2.83. The maximum Gasteiger partial charge on any atom is 0.313 e. The molecule has 32 heavy (non-hydrogen) atoms. The average Bonchev–Trinajstić information content (AvgIpc) is 3.24. The number of aromatic nitrogens is 1. The van der Waals surface area contributed by atoms with E-state index >= 15 is 0 Å². The van der Waals surface area contributed by atoms with Gasteiger partial charge in [0, 0.05) is 19.5 Å². The zero-order chi connectivity index (χ0) is 22.4. The number of carbonyl (C=O) groups is 2. The normalized spacial score (nSPS) is 15.4. The first kappa shape index (κ1) is 22.5. The van der Waals surface area contributed by atoms with Crippen LogP contribution >= 0.6 is 11.3 Å². The third-order valence-electron chi connectivity index (χ3n) is 6.35. The van der Waals surface area contributed by atoms with Gasteiger partial charge in [0.25, 0.3) is 5.91 Å². The number of thiazole rings is 1. The monoisotopic (exact) mass is 450 g/mol. The zero-order valence-corrected chi connectivity index (χ0v) is 19.4. The average molecular weight is 451 g/mol. The topological polar surface area (TPSA) is 59.5 Å². The van der Waals surface area contributed by atoms with Crippen LogP contribution in [-0.2, 0) is 27.3 Å². The fourth-order valence-electron chi connectivity index (χ4n) is 4.52. The molecule has 0 saturated heterocycles. The van der Waals surface area contributed by atoms with Gasteiger partial charge in [-0.3, -0.25) is 9.59 Å². The van der Waals surface area contributed by atoms with E-state index in [-0.39, 0.29) is 18.5 Å². The van der Waals surface area contributed by atoms with Gasteiger partial charge in [0.15, 0.2) is 6.61 Å². The summed E-state index contributed by atoms with van der Waals surface area (Å²) < 4.78 is 6.80. The lowest BCUT2D eigenvalue weighted by Gasteiger charge is -2.34. The first-order valence-corrected chi connectivity index (χ1v) is 12.2. The van der Waals surface area contributed by atoms with Crippen molar-refractivity contribution in [2.75, 3.05) is 13.2 Å². The Hall–Kier alpha value is -2.73. The molecule has 168 valence electrons. The van der Waals surface area contributed by atoms with Crippen molar-refractivity contribution in [3.05, 3.63) is 65.2 Å². The third-order valence-corrected chi connectivity index (χ3v) is 7.39. The molecule has 0 atom stereocenters. The number of fused-ring (bicyclic) bond motifs is 1. The molecule has 0 spiro atoms. The molecule has 1 aromatic heterocycles. The van der Waals surface area contributed by atoms with E-state index in [1.807, 2.05) is 55.5 Å². The molecule has 0 N–H and O–H groups in total. The molecule has 0 aliphatic heterocycles. The molecule has 5 nitrogen and oxygen atoms in total. The van der Waals surface area contributed by atoms with E-state index in [2.05, 4.69) is 6.07 Å². The second kappa shape index (κ2) is 10.3. The summed E-state index contributed by atoms with van der Waals surface area (Å²) in [5.74, 6) is -0.406. The van der Waals surface area contributed by atoms with Gasteiger partial charge in [-0.1, -0.05) is 61.7 Å². The van der Waals surface area contributed by atoms with Crippen molar-refractivity contribution in [3.63, 3.8) is 0 Å². The number of nitrogens with zero attached hydrogens (tertiary/aromatic N) is 2. The molecule has 0 radical (unpaired) electrons. The van der Waals surface area contributed by atoms with Gasteiger partial charge in [-0.25, -0.2) is 4.98 Å². The number of likely N-dealkylation sites (N-methyl/N-ethyl adjacent to an activating group) is 1. The molecule has 1 saturated carbocycles. The Kier molecular flexibility index (Phi) is 7.20. The molecule has 0 unspecified atom stereocenters. The van der Waals surface area contributed by atoms with Crippen LogP contribution in [-0.4, -0.2) is 34.9 Å². The second-order valence-electron chi connectivity index (χ2n) is 8.56. The largest absolute Gasteiger partial charge is 0.455 e. The highest BCUT2D eigenvalue weighted by Crippen LogP contribution is 2.41. The van der Waals surface area contributed by atoms with Gasteiger partial charge in [-0.05, 0) is 37.5 Å². The van der Waals surface area contributed by atoms with Crippen molar-refractivity contribution in [3.8, 4) is 0 Å². The summed E-state index contributed by atoms with van der Waals surface area (Å²) in [4.78, 5) is 32.6. The van der Waals surface area contributed by atoms with Crippen LogP contribution in [0.2, 0.25) is 0 Å². The van der Waals surface area contributed by atoms with Crippen LogP contribution in [0.5, 0.6) is 0 Å². The van der Waals surface area contributed by atoms with E-state index in [0.717, 1.165) is 52.9 Å². The minimum atomic E-state index is -0.580. The van der Waals surface area contributed by atoms with Gasteiger partial charge in [0.2, 0.25) is 0 Å². The Morgan fingerprint density at radius 3 is 2.47 bits per heavy atom. The number of rotatable bonds is 8. The first-order chi connectivity index (χ1) is 15.6. The minimum Gasteiger partial charge on any atom is -0.455 e. The molecular weight excluding hydrogens is 420 g/mol. The van der Waals surface area contributed by atoms with Crippen molar-refractivity contribution in [2.24, 2.45) is 5.41 Å². The summed E-state index contributed by atoms with van der Waals surface area (Å²) in [7, 11) is 0. The summed E-state index contributed by atoms with van der Waals surface area (Å²) in [5, 5.41) is 0.968. The minimum absolute atomic E-state index is 0.157. The highest BCUT2D eigenvalue weighted by atomic mass is 32.1. The number of ether oxygens (including phenoxy) is 1. The van der Waals surface area contributed by atoms with Crippen LogP contribution in [0, 0.1) is 5.41 Å². The van der Waals surface area contributed by atoms with E-state index < -0.39 is 5.41 Å². The highest BCUT2D eigenvalue weighted by Gasteiger charge is 2.42. The molecule has 3 aromatic rings. The van der Waals surface area contributed by atoms with Crippen molar-refractivity contribution in [1.82, 2.24) is 9.88 Å². The molecule has 1 aliphatic rings. The zero-order valence-electron chi connectivity index (χ0n) is 18.6. The molecule has 1 fully saturated rings. The van der Waals surface area contributed by atoms with Crippen LogP contribution in [0.25, 0.3) is 10.2 Å². The lowest BCUT2D eigenvalue weighted by Crippen LogP contribution is -2.40. The Bertz CT molecular complexity index is 1020. The van der Waals surface area contributed by atoms with Crippen LogP contribution in [0.4, 0.5) is 0 Å². The summed E-state index contributed by atoms with van der Waals surface area (Å²) in [6, 6.07) is 17.9. The number of benzene rings is 2. The maximum atomic E-state index is 13.3. The Balaban J connectivity index is 1.42. The standard InChI is InChI=1S/C26H30N2O3S/c1-2-28(18-20-11-5-3-6-12-20)24(29)19-31-25(30)26(15-9-4-10-16-26)17-23-27-21-13-7-8-14-22(21)32-23/h3,5-8,11-14H,2,4,9-10,15-19H2,1H3. The van der Waals surface area contributed by atoms with Crippen LogP contribution in [0.1, 0.15) is 49.6 Å². The van der Waals surface area contributed by atoms with Gasteiger partial charge in [0.05, 0.1) is 20.6 Å². The fraction of sp³-hybridized carbons (Fsp3) is 0.423. The van der Waals surface area contributed by atoms with Crippen molar-refractivity contribution in [2.45, 2.75) is 52.0 Å². The van der Waals surface area contributed by atoms with Crippen LogP contribution in [0.15, 0.2) is 54.6 Å². The Morgan fingerprint density at radius 2 is 1.75 bits per heavy atom. The predicted octanol–water partition coefficient (Wildman–Crippen LogP) is 5.38. The Labute approximate surface area is 193 Å². The molecular formula is C26H30N2O3S. The number of para-hydroxylation sites is 1. The van der Waals surface area contributed by atoms with Crippen LogP contribution in [0.3, 0.4) is 0 Å². The quantitative estimate of drug-likeness (QED) is 0.432. The number of hydrogen-bond donors (Lipinski definition) is 0. The first-order valence-electron chi connectivity index (χ1n) is 11.4. The van der Waals surface area contributed by atoms with Gasteiger partial charge >= 0.3 is 5.97 Å². The maximum absolute atomic E-state index is 13.3. The number of esters is 1. The number of hydrogen-bond acceptors (Lipinski definition) is 5. The van der Waals surface area contributed by atoms with E-state index in [9.17, 15) is 9.59 Å². The summed E-state index contributed by atoms with van der Waals surface area (Å²) >= 11 is 1.65. The van der Waals surface area contributed by atoms with E-state index in [1.165, 1.54) is 0 Å². The van der Waals surface area contributed by atoms with E-state index in [0.29, 0.717) is 19.5 Å². The predicted molar refractivity (Wildman–Crippen MR) is 127 cm³/mol. The van der Waals surface area contributed by atoms with Crippen molar-refractivity contribution < 1.29 is 14.3 Å². The molecule has 2 aromatic carbocycles. The number of amides is 1. The van der Waals surface area contributed by atoms with E-state index in [4.69, 9.17) is 9.72 Å².